The first kappa shape index (κ1) is 13.2. The average Bonchev–Trinajstić information content (AvgIpc) is 2.46. The summed E-state index contributed by atoms with van der Waals surface area (Å²) in [6.45, 7) is 3.26. The molecule has 1 saturated heterocycles. The lowest BCUT2D eigenvalue weighted by molar-refractivity contribution is 0.0988. The Bertz CT molecular complexity index is 490. The first-order valence-electron chi connectivity index (χ1n) is 6.43. The largest absolute Gasteiger partial charge is 0.486 e. The predicted octanol–water partition coefficient (Wildman–Crippen LogP) is 2.88. The molecule has 1 aromatic rings. The van der Waals surface area contributed by atoms with E-state index in [1.54, 1.807) is 11.8 Å². The molecule has 0 aliphatic carbocycles. The molecule has 0 aromatic heterocycles. The molecule has 0 spiro atoms. The number of carbonyl (C=O) groups excluding carboxylic acids is 1. The Hall–Kier alpha value is -0.810. The Balaban J connectivity index is 1.83. The van der Waals surface area contributed by atoms with E-state index in [9.17, 15) is 4.79 Å². The van der Waals surface area contributed by atoms with E-state index in [4.69, 9.17) is 9.47 Å². The van der Waals surface area contributed by atoms with Gasteiger partial charge in [0.2, 0.25) is 0 Å². The van der Waals surface area contributed by atoms with E-state index < -0.39 is 0 Å². The van der Waals surface area contributed by atoms with Crippen molar-refractivity contribution >= 4 is 29.3 Å². The number of fused-ring (bicyclic) bond motifs is 1. The van der Waals surface area contributed by atoms with Crippen LogP contribution in [0.4, 0.5) is 0 Å². The van der Waals surface area contributed by atoms with Crippen molar-refractivity contribution in [1.29, 1.82) is 0 Å². The summed E-state index contributed by atoms with van der Waals surface area (Å²) in [7, 11) is 0. The Morgan fingerprint density at radius 1 is 1.16 bits per heavy atom. The molecular formula is C14H16O3S2. The van der Waals surface area contributed by atoms with Gasteiger partial charge in [-0.2, -0.15) is 11.8 Å². The number of ketones is 1. The highest BCUT2D eigenvalue weighted by atomic mass is 32.2. The fourth-order valence-electron chi connectivity index (χ4n) is 2.28. The maximum absolute atomic E-state index is 12.6. The molecule has 0 radical (unpaired) electrons. The number of thioether (sulfide) groups is 2. The summed E-state index contributed by atoms with van der Waals surface area (Å²) >= 11 is 3.65. The van der Waals surface area contributed by atoms with Gasteiger partial charge in [0.05, 0.1) is 5.25 Å². The normalized spacial score (nSPS) is 25.9. The van der Waals surface area contributed by atoms with E-state index >= 15 is 0 Å². The molecule has 0 bridgehead atoms. The number of carbonyl (C=O) groups is 1. The molecule has 1 fully saturated rings. The van der Waals surface area contributed by atoms with E-state index in [0.717, 1.165) is 22.8 Å². The molecular weight excluding hydrogens is 280 g/mol. The molecule has 2 aliphatic heterocycles. The highest BCUT2D eigenvalue weighted by Crippen LogP contribution is 2.36. The molecule has 102 valence electrons. The summed E-state index contributed by atoms with van der Waals surface area (Å²) in [4.78, 5) is 12.6. The lowest BCUT2D eigenvalue weighted by Crippen LogP contribution is -2.31. The highest BCUT2D eigenvalue weighted by molar-refractivity contribution is 8.07. The van der Waals surface area contributed by atoms with E-state index in [1.165, 1.54) is 0 Å². The Morgan fingerprint density at radius 2 is 1.89 bits per heavy atom. The van der Waals surface area contributed by atoms with Crippen LogP contribution in [0.2, 0.25) is 0 Å². The van der Waals surface area contributed by atoms with Gasteiger partial charge in [0.1, 0.15) is 13.2 Å². The molecule has 2 atom stereocenters. The van der Waals surface area contributed by atoms with E-state index in [-0.39, 0.29) is 11.0 Å². The lowest BCUT2D eigenvalue weighted by Gasteiger charge is -2.27. The third kappa shape index (κ3) is 2.72. The first-order valence-corrected chi connectivity index (χ1v) is 8.52. The Kier molecular flexibility index (Phi) is 3.93. The van der Waals surface area contributed by atoms with Gasteiger partial charge in [0.25, 0.3) is 0 Å². The highest BCUT2D eigenvalue weighted by Gasteiger charge is 2.30. The quantitative estimate of drug-likeness (QED) is 0.784. The lowest BCUT2D eigenvalue weighted by atomic mass is 10.1. The number of benzene rings is 1. The summed E-state index contributed by atoms with van der Waals surface area (Å²) in [5.74, 6) is 3.83. The summed E-state index contributed by atoms with van der Waals surface area (Å²) in [6.07, 6.45) is 0. The topological polar surface area (TPSA) is 35.5 Å². The van der Waals surface area contributed by atoms with Gasteiger partial charge >= 0.3 is 0 Å². The van der Waals surface area contributed by atoms with Crippen molar-refractivity contribution in [2.45, 2.75) is 17.4 Å². The van der Waals surface area contributed by atoms with Gasteiger partial charge in [-0.1, -0.05) is 6.92 Å². The third-order valence-corrected chi connectivity index (χ3v) is 6.36. The van der Waals surface area contributed by atoms with Crippen LogP contribution >= 0.6 is 23.5 Å². The maximum atomic E-state index is 12.6. The Morgan fingerprint density at radius 3 is 2.68 bits per heavy atom. The fourth-order valence-corrected chi connectivity index (χ4v) is 5.01. The molecule has 0 N–H and O–H groups in total. The van der Waals surface area contributed by atoms with Crippen molar-refractivity contribution in [2.24, 2.45) is 0 Å². The standard InChI is InChI=1S/C14H16O3S2/c1-9-14(19-7-6-18-9)13(15)10-2-3-11-12(8-10)17-5-4-16-11/h2-3,8-9,14H,4-7H2,1H3. The van der Waals surface area contributed by atoms with Crippen molar-refractivity contribution in [2.75, 3.05) is 24.7 Å². The average molecular weight is 296 g/mol. The number of Topliss-reactive ketones (excluding diaryl/α,β-unsaturated/α-hetero) is 1. The zero-order valence-electron chi connectivity index (χ0n) is 10.8. The van der Waals surface area contributed by atoms with Crippen LogP contribution in [0, 0.1) is 0 Å². The van der Waals surface area contributed by atoms with Gasteiger partial charge in [-0.3, -0.25) is 4.79 Å². The summed E-state index contributed by atoms with van der Waals surface area (Å²) in [5.41, 5.74) is 0.733. The molecule has 5 heteroatoms. The zero-order chi connectivity index (χ0) is 13.2. The summed E-state index contributed by atoms with van der Waals surface area (Å²) in [6, 6.07) is 5.51. The number of hydrogen-bond acceptors (Lipinski definition) is 5. The molecule has 0 saturated carbocycles. The molecule has 3 rings (SSSR count). The van der Waals surface area contributed by atoms with Crippen LogP contribution in [0.1, 0.15) is 17.3 Å². The second-order valence-corrected chi connectivity index (χ2v) is 7.32. The molecule has 3 nitrogen and oxygen atoms in total. The van der Waals surface area contributed by atoms with Crippen LogP contribution in [-0.4, -0.2) is 41.0 Å². The second-order valence-electron chi connectivity index (χ2n) is 4.59. The third-order valence-electron chi connectivity index (χ3n) is 3.27. The Labute approximate surface area is 121 Å². The molecule has 2 aliphatic rings. The van der Waals surface area contributed by atoms with Gasteiger partial charge < -0.3 is 9.47 Å². The van der Waals surface area contributed by atoms with Gasteiger partial charge in [-0.25, -0.2) is 0 Å². The first-order chi connectivity index (χ1) is 9.25. The molecule has 1 aromatic carbocycles. The van der Waals surface area contributed by atoms with Crippen molar-refractivity contribution in [3.05, 3.63) is 23.8 Å². The number of ether oxygens (including phenoxy) is 2. The van der Waals surface area contributed by atoms with Gasteiger partial charge in [-0.05, 0) is 18.2 Å². The van der Waals surface area contributed by atoms with Crippen molar-refractivity contribution in [3.8, 4) is 11.5 Å². The van der Waals surface area contributed by atoms with Crippen LogP contribution in [0.15, 0.2) is 18.2 Å². The van der Waals surface area contributed by atoms with E-state index in [2.05, 4.69) is 6.92 Å². The second kappa shape index (κ2) is 5.67. The van der Waals surface area contributed by atoms with Gasteiger partial charge in [0.15, 0.2) is 17.3 Å². The summed E-state index contributed by atoms with van der Waals surface area (Å²) in [5, 5.41) is 0.431. The van der Waals surface area contributed by atoms with Crippen LogP contribution in [0.25, 0.3) is 0 Å². The van der Waals surface area contributed by atoms with Crippen molar-refractivity contribution in [3.63, 3.8) is 0 Å². The zero-order valence-corrected chi connectivity index (χ0v) is 12.4. The smallest absolute Gasteiger partial charge is 0.177 e. The maximum Gasteiger partial charge on any atom is 0.177 e. The summed E-state index contributed by atoms with van der Waals surface area (Å²) < 4.78 is 11.0. The number of rotatable bonds is 2. The fraction of sp³-hybridized carbons (Fsp3) is 0.500. The van der Waals surface area contributed by atoms with Crippen LogP contribution in [0.3, 0.4) is 0 Å². The van der Waals surface area contributed by atoms with E-state index in [1.807, 2.05) is 30.0 Å². The predicted molar refractivity (Wildman–Crippen MR) is 79.9 cm³/mol. The SMILES string of the molecule is CC1SCCSC1C(=O)c1ccc2c(c1)OCCO2. The monoisotopic (exact) mass is 296 g/mol. The van der Waals surface area contributed by atoms with E-state index in [0.29, 0.717) is 24.2 Å². The minimum absolute atomic E-state index is 0.0568. The van der Waals surface area contributed by atoms with Crippen molar-refractivity contribution in [1.82, 2.24) is 0 Å². The van der Waals surface area contributed by atoms with Crippen LogP contribution < -0.4 is 9.47 Å². The molecule has 2 heterocycles. The van der Waals surface area contributed by atoms with Crippen LogP contribution in [-0.2, 0) is 0 Å². The molecule has 19 heavy (non-hydrogen) atoms. The van der Waals surface area contributed by atoms with Crippen LogP contribution in [0.5, 0.6) is 11.5 Å². The molecule has 2 unspecified atom stereocenters. The van der Waals surface area contributed by atoms with Gasteiger partial charge in [0, 0.05) is 22.3 Å². The molecule has 0 amide bonds. The minimum atomic E-state index is 0.0568. The number of hydrogen-bond donors (Lipinski definition) is 0. The minimum Gasteiger partial charge on any atom is -0.486 e. The van der Waals surface area contributed by atoms with Gasteiger partial charge in [-0.15, -0.1) is 11.8 Å². The van der Waals surface area contributed by atoms with Crippen molar-refractivity contribution < 1.29 is 14.3 Å².